The van der Waals surface area contributed by atoms with Gasteiger partial charge in [0.05, 0.1) is 5.92 Å². The molecule has 5 nitrogen and oxygen atoms in total. The molecule has 1 heterocycles. The first-order valence-corrected chi connectivity index (χ1v) is 7.96. The van der Waals surface area contributed by atoms with Crippen LogP contribution in [0.2, 0.25) is 0 Å². The van der Waals surface area contributed by atoms with Crippen LogP contribution in [0.5, 0.6) is 0 Å². The number of nitrogens with zero attached hydrogens (tertiary/aromatic N) is 1. The van der Waals surface area contributed by atoms with Crippen LogP contribution in [0.4, 0.5) is 13.2 Å². The molecule has 0 spiro atoms. The van der Waals surface area contributed by atoms with E-state index in [4.69, 9.17) is 4.74 Å². The average molecular weight is 337 g/mol. The van der Waals surface area contributed by atoms with Crippen molar-refractivity contribution in [2.45, 2.75) is 56.7 Å². The van der Waals surface area contributed by atoms with Crippen LogP contribution in [0.1, 0.15) is 44.9 Å². The van der Waals surface area contributed by atoms with E-state index < -0.39 is 42.7 Å². The summed E-state index contributed by atoms with van der Waals surface area (Å²) in [5.74, 6) is -3.03. The minimum absolute atomic E-state index is 0.00676. The third-order valence-electron chi connectivity index (χ3n) is 4.62. The molecule has 1 saturated carbocycles. The van der Waals surface area contributed by atoms with Crippen molar-refractivity contribution in [3.8, 4) is 0 Å². The molecule has 2 fully saturated rings. The fourth-order valence-corrected chi connectivity index (χ4v) is 3.16. The van der Waals surface area contributed by atoms with E-state index in [1.54, 1.807) is 0 Å². The fourth-order valence-electron chi connectivity index (χ4n) is 3.16. The number of hydrogen-bond acceptors (Lipinski definition) is 4. The smallest absolute Gasteiger partial charge is 0.393 e. The summed E-state index contributed by atoms with van der Waals surface area (Å²) in [6.07, 6.45) is -1.12. The van der Waals surface area contributed by atoms with Crippen LogP contribution in [0, 0.1) is 5.92 Å². The molecule has 1 amide bonds. The van der Waals surface area contributed by atoms with E-state index in [9.17, 15) is 27.9 Å². The topological polar surface area (TPSA) is 66.8 Å². The summed E-state index contributed by atoms with van der Waals surface area (Å²) in [4.78, 5) is 25.0. The fraction of sp³-hybridized carbons (Fsp3) is 0.867. The Hall–Kier alpha value is -1.31. The molecule has 1 saturated heterocycles. The third-order valence-corrected chi connectivity index (χ3v) is 4.62. The van der Waals surface area contributed by atoms with Gasteiger partial charge in [0.25, 0.3) is 5.91 Å². The number of alkyl halides is 3. The minimum atomic E-state index is -4.33. The first kappa shape index (κ1) is 18.0. The molecule has 132 valence electrons. The molecule has 1 aliphatic carbocycles. The molecule has 0 aromatic rings. The van der Waals surface area contributed by atoms with E-state index in [-0.39, 0.29) is 19.4 Å². The highest BCUT2D eigenvalue weighted by Gasteiger charge is 2.43. The van der Waals surface area contributed by atoms with Gasteiger partial charge < -0.3 is 14.7 Å². The second-order valence-electron chi connectivity index (χ2n) is 6.39. The van der Waals surface area contributed by atoms with E-state index in [0.29, 0.717) is 25.7 Å². The molecular weight excluding hydrogens is 315 g/mol. The molecule has 1 atom stereocenters. The molecule has 0 bridgehead atoms. The predicted octanol–water partition coefficient (Wildman–Crippen LogP) is 2.03. The Labute approximate surface area is 132 Å². The number of rotatable bonds is 3. The predicted molar refractivity (Wildman–Crippen MR) is 74.4 cm³/mol. The van der Waals surface area contributed by atoms with Gasteiger partial charge in [-0.05, 0) is 38.5 Å². The van der Waals surface area contributed by atoms with Gasteiger partial charge in [-0.2, -0.15) is 13.2 Å². The van der Waals surface area contributed by atoms with Crippen molar-refractivity contribution in [2.75, 3.05) is 19.7 Å². The maximum Gasteiger partial charge on any atom is 0.393 e. The van der Waals surface area contributed by atoms with Gasteiger partial charge >= 0.3 is 12.1 Å². The van der Waals surface area contributed by atoms with Crippen LogP contribution in [0.25, 0.3) is 0 Å². The van der Waals surface area contributed by atoms with Gasteiger partial charge in [-0.15, -0.1) is 0 Å². The number of amides is 1. The quantitative estimate of drug-likeness (QED) is 0.800. The SMILES string of the molecule is O=C(COC(=O)C1(O)CCCCC1)N1CCC[C@H](C(F)(F)F)C1. The number of carbonyl (C=O) groups is 2. The van der Waals surface area contributed by atoms with Crippen molar-refractivity contribution < 1.29 is 32.6 Å². The van der Waals surface area contributed by atoms with Crippen LogP contribution in [0.15, 0.2) is 0 Å². The maximum absolute atomic E-state index is 12.7. The zero-order chi connectivity index (χ0) is 17.1. The number of carbonyl (C=O) groups excluding carboxylic acids is 2. The standard InChI is InChI=1S/C15H22F3NO4/c16-15(17,18)11-5-4-8-19(9-11)12(20)10-23-13(21)14(22)6-2-1-3-7-14/h11,22H,1-10H2/t11-/m0/s1. The Balaban J connectivity index is 1.83. The number of likely N-dealkylation sites (tertiary alicyclic amines) is 1. The molecule has 0 unspecified atom stereocenters. The summed E-state index contributed by atoms with van der Waals surface area (Å²) >= 11 is 0. The largest absolute Gasteiger partial charge is 0.453 e. The number of esters is 1. The molecule has 0 radical (unpaired) electrons. The summed E-state index contributed by atoms with van der Waals surface area (Å²) in [5, 5.41) is 10.2. The lowest BCUT2D eigenvalue weighted by Crippen LogP contribution is -2.47. The molecule has 8 heteroatoms. The van der Waals surface area contributed by atoms with Crippen molar-refractivity contribution >= 4 is 11.9 Å². The highest BCUT2D eigenvalue weighted by atomic mass is 19.4. The molecule has 23 heavy (non-hydrogen) atoms. The second-order valence-corrected chi connectivity index (χ2v) is 6.39. The lowest BCUT2D eigenvalue weighted by Gasteiger charge is -2.34. The first-order valence-electron chi connectivity index (χ1n) is 7.96. The van der Waals surface area contributed by atoms with Gasteiger partial charge in [-0.25, -0.2) is 4.79 Å². The maximum atomic E-state index is 12.7. The zero-order valence-electron chi connectivity index (χ0n) is 12.9. The van der Waals surface area contributed by atoms with Crippen LogP contribution >= 0.6 is 0 Å². The number of piperidine rings is 1. The number of aliphatic hydroxyl groups is 1. The average Bonchev–Trinajstić information content (AvgIpc) is 2.52. The number of halogens is 3. The number of ether oxygens (including phenoxy) is 1. The Morgan fingerprint density at radius 1 is 1.17 bits per heavy atom. The molecular formula is C15H22F3NO4. The van der Waals surface area contributed by atoms with Gasteiger partial charge in [0.15, 0.2) is 12.2 Å². The summed E-state index contributed by atoms with van der Waals surface area (Å²) in [6, 6.07) is 0. The van der Waals surface area contributed by atoms with Crippen LogP contribution in [-0.2, 0) is 14.3 Å². The van der Waals surface area contributed by atoms with E-state index in [0.717, 1.165) is 11.3 Å². The molecule has 2 aliphatic rings. The van der Waals surface area contributed by atoms with Crippen LogP contribution in [0.3, 0.4) is 0 Å². The van der Waals surface area contributed by atoms with Gasteiger partial charge in [-0.1, -0.05) is 6.42 Å². The highest BCUT2D eigenvalue weighted by Crippen LogP contribution is 2.33. The minimum Gasteiger partial charge on any atom is -0.453 e. The normalized spacial score (nSPS) is 25.0. The Bertz CT molecular complexity index is 446. The van der Waals surface area contributed by atoms with Gasteiger partial charge in [0.1, 0.15) is 0 Å². The van der Waals surface area contributed by atoms with Crippen molar-refractivity contribution in [2.24, 2.45) is 5.92 Å². The summed E-state index contributed by atoms with van der Waals surface area (Å²) in [6.45, 7) is -0.789. The molecule has 1 N–H and O–H groups in total. The summed E-state index contributed by atoms with van der Waals surface area (Å²) in [7, 11) is 0. The lowest BCUT2D eigenvalue weighted by atomic mass is 9.85. The Morgan fingerprint density at radius 2 is 1.83 bits per heavy atom. The lowest BCUT2D eigenvalue weighted by molar-refractivity contribution is -0.190. The van der Waals surface area contributed by atoms with Crippen molar-refractivity contribution in [1.82, 2.24) is 4.90 Å². The molecule has 1 aliphatic heterocycles. The Morgan fingerprint density at radius 3 is 2.43 bits per heavy atom. The van der Waals surface area contributed by atoms with Crippen LogP contribution < -0.4 is 0 Å². The van der Waals surface area contributed by atoms with E-state index in [1.807, 2.05) is 0 Å². The van der Waals surface area contributed by atoms with Crippen LogP contribution in [-0.4, -0.2) is 53.4 Å². The molecule has 2 rings (SSSR count). The van der Waals surface area contributed by atoms with Crippen molar-refractivity contribution in [3.05, 3.63) is 0 Å². The van der Waals surface area contributed by atoms with Gasteiger partial charge in [-0.3, -0.25) is 4.79 Å². The monoisotopic (exact) mass is 337 g/mol. The first-order chi connectivity index (χ1) is 10.7. The zero-order valence-corrected chi connectivity index (χ0v) is 12.9. The summed E-state index contributed by atoms with van der Waals surface area (Å²) in [5.41, 5.74) is -1.56. The van der Waals surface area contributed by atoms with Gasteiger partial charge in [0, 0.05) is 13.1 Å². The molecule has 0 aromatic heterocycles. The van der Waals surface area contributed by atoms with E-state index >= 15 is 0 Å². The van der Waals surface area contributed by atoms with Gasteiger partial charge in [0.2, 0.25) is 0 Å². The number of hydrogen-bond donors (Lipinski definition) is 1. The second kappa shape index (κ2) is 7.07. The Kier molecular flexibility index (Phi) is 5.54. The third kappa shape index (κ3) is 4.59. The van der Waals surface area contributed by atoms with E-state index in [1.165, 1.54) is 0 Å². The van der Waals surface area contributed by atoms with Crippen molar-refractivity contribution in [1.29, 1.82) is 0 Å². The molecule has 0 aromatic carbocycles. The summed E-state index contributed by atoms with van der Waals surface area (Å²) < 4.78 is 43.0. The van der Waals surface area contributed by atoms with E-state index in [2.05, 4.69) is 0 Å². The highest BCUT2D eigenvalue weighted by molar-refractivity contribution is 5.84. The van der Waals surface area contributed by atoms with Crippen molar-refractivity contribution in [3.63, 3.8) is 0 Å².